The molecule has 28 heavy (non-hydrogen) atoms. The minimum atomic E-state index is -0.321. The van der Waals surface area contributed by atoms with Gasteiger partial charge < -0.3 is 15.2 Å². The van der Waals surface area contributed by atoms with Crippen molar-refractivity contribution >= 4 is 28.6 Å². The van der Waals surface area contributed by atoms with Crippen molar-refractivity contribution in [2.24, 2.45) is 5.10 Å². The Morgan fingerprint density at radius 2 is 2.00 bits per heavy atom. The van der Waals surface area contributed by atoms with E-state index in [0.29, 0.717) is 23.6 Å². The second-order valence-electron chi connectivity index (χ2n) is 6.22. The van der Waals surface area contributed by atoms with Crippen LogP contribution in [0.25, 0.3) is 10.4 Å². The summed E-state index contributed by atoms with van der Waals surface area (Å²) in [4.78, 5) is 14.0. The predicted molar refractivity (Wildman–Crippen MR) is 111 cm³/mol. The van der Waals surface area contributed by atoms with Crippen LogP contribution in [0.3, 0.4) is 0 Å². The van der Waals surface area contributed by atoms with Crippen molar-refractivity contribution in [3.05, 3.63) is 65.0 Å². The van der Waals surface area contributed by atoms with Crippen LogP contribution in [0.1, 0.15) is 21.7 Å². The molecule has 1 aliphatic heterocycles. The lowest BCUT2D eigenvalue weighted by Gasteiger charge is -2.18. The van der Waals surface area contributed by atoms with Gasteiger partial charge in [0.1, 0.15) is 16.4 Å². The number of thiophene rings is 1. The molecular formula is C21H19N3O3S. The van der Waals surface area contributed by atoms with Crippen molar-refractivity contribution < 1.29 is 14.3 Å². The van der Waals surface area contributed by atoms with Gasteiger partial charge >= 0.3 is 0 Å². The zero-order valence-electron chi connectivity index (χ0n) is 15.3. The maximum atomic E-state index is 12.6. The summed E-state index contributed by atoms with van der Waals surface area (Å²) in [6.45, 7) is 0.536. The molecule has 0 radical (unpaired) electrons. The van der Waals surface area contributed by atoms with Crippen LogP contribution in [0.15, 0.2) is 59.7 Å². The van der Waals surface area contributed by atoms with Crippen LogP contribution in [0.5, 0.6) is 11.5 Å². The number of rotatable bonds is 4. The van der Waals surface area contributed by atoms with Gasteiger partial charge in [-0.05, 0) is 48.0 Å². The largest absolute Gasteiger partial charge is 0.497 e. The van der Waals surface area contributed by atoms with Gasteiger partial charge in [0.2, 0.25) is 0 Å². The molecule has 2 aromatic carbocycles. The highest BCUT2D eigenvalue weighted by molar-refractivity contribution is 7.18. The molecule has 4 rings (SSSR count). The van der Waals surface area contributed by atoms with E-state index < -0.39 is 0 Å². The van der Waals surface area contributed by atoms with E-state index in [9.17, 15) is 4.79 Å². The zero-order chi connectivity index (χ0) is 19.5. The monoisotopic (exact) mass is 393 g/mol. The summed E-state index contributed by atoms with van der Waals surface area (Å²) in [5.41, 5.74) is 11.8. The number of hydrazone groups is 1. The Morgan fingerprint density at radius 1 is 1.21 bits per heavy atom. The lowest BCUT2D eigenvalue weighted by Crippen LogP contribution is -2.23. The van der Waals surface area contributed by atoms with E-state index in [2.05, 4.69) is 10.5 Å². The summed E-state index contributed by atoms with van der Waals surface area (Å²) in [6, 6.07) is 17.1. The van der Waals surface area contributed by atoms with Crippen molar-refractivity contribution in [2.45, 2.75) is 6.42 Å². The highest BCUT2D eigenvalue weighted by Crippen LogP contribution is 2.34. The summed E-state index contributed by atoms with van der Waals surface area (Å²) in [7, 11) is 1.62. The molecule has 3 aromatic rings. The van der Waals surface area contributed by atoms with E-state index in [-0.39, 0.29) is 5.91 Å². The standard InChI is InChI=1S/C21H19N3O3S/c1-26-14-8-6-13(7-9-14)19-12-16(22)20(28-19)21(25)24-23-17-10-11-27-18-5-3-2-4-15(17)18/h2-9,12H,10-11,22H2,1H3,(H,24,25)/b23-17-. The summed E-state index contributed by atoms with van der Waals surface area (Å²) in [5, 5.41) is 4.32. The molecule has 0 atom stereocenters. The zero-order valence-corrected chi connectivity index (χ0v) is 16.1. The van der Waals surface area contributed by atoms with E-state index in [1.54, 1.807) is 13.2 Å². The topological polar surface area (TPSA) is 85.9 Å². The van der Waals surface area contributed by atoms with E-state index in [1.807, 2.05) is 48.5 Å². The number of nitrogens with one attached hydrogen (secondary N) is 1. The number of hydrogen-bond acceptors (Lipinski definition) is 6. The Bertz CT molecular complexity index is 1040. The van der Waals surface area contributed by atoms with Crippen molar-refractivity contribution in [3.8, 4) is 21.9 Å². The van der Waals surface area contributed by atoms with Crippen LogP contribution in [0.4, 0.5) is 5.69 Å². The fraction of sp³-hybridized carbons (Fsp3) is 0.143. The molecule has 0 saturated carbocycles. The lowest BCUT2D eigenvalue weighted by molar-refractivity contribution is 0.0959. The quantitative estimate of drug-likeness (QED) is 0.658. The number of amides is 1. The van der Waals surface area contributed by atoms with Gasteiger partial charge in [-0.3, -0.25) is 4.79 Å². The molecule has 6 nitrogen and oxygen atoms in total. The molecular weight excluding hydrogens is 374 g/mol. The number of benzene rings is 2. The van der Waals surface area contributed by atoms with Gasteiger partial charge in [0.15, 0.2) is 0 Å². The van der Waals surface area contributed by atoms with Crippen molar-refractivity contribution in [1.29, 1.82) is 0 Å². The van der Waals surface area contributed by atoms with E-state index in [4.69, 9.17) is 15.2 Å². The van der Waals surface area contributed by atoms with E-state index in [0.717, 1.165) is 33.2 Å². The molecule has 0 spiro atoms. The molecule has 1 aliphatic rings. The van der Waals surface area contributed by atoms with Gasteiger partial charge in [0, 0.05) is 16.9 Å². The minimum Gasteiger partial charge on any atom is -0.497 e. The highest BCUT2D eigenvalue weighted by atomic mass is 32.1. The molecule has 0 unspecified atom stereocenters. The Kier molecular flexibility index (Phi) is 4.99. The normalized spacial score (nSPS) is 14.2. The van der Waals surface area contributed by atoms with E-state index >= 15 is 0 Å². The van der Waals surface area contributed by atoms with Gasteiger partial charge in [-0.1, -0.05) is 12.1 Å². The Morgan fingerprint density at radius 3 is 2.79 bits per heavy atom. The number of fused-ring (bicyclic) bond motifs is 1. The summed E-state index contributed by atoms with van der Waals surface area (Å²) < 4.78 is 10.8. The maximum Gasteiger partial charge on any atom is 0.283 e. The third-order valence-corrected chi connectivity index (χ3v) is 5.63. The van der Waals surface area contributed by atoms with Gasteiger partial charge in [0.25, 0.3) is 5.91 Å². The van der Waals surface area contributed by atoms with Crippen LogP contribution < -0.4 is 20.6 Å². The third kappa shape index (κ3) is 3.57. The number of methoxy groups -OCH3 is 1. The van der Waals surface area contributed by atoms with Gasteiger partial charge in [-0.2, -0.15) is 5.10 Å². The van der Waals surface area contributed by atoms with Crippen molar-refractivity contribution in [3.63, 3.8) is 0 Å². The second-order valence-corrected chi connectivity index (χ2v) is 7.27. The number of carbonyl (C=O) groups excluding carboxylic acids is 1. The average molecular weight is 393 g/mol. The van der Waals surface area contributed by atoms with E-state index in [1.165, 1.54) is 11.3 Å². The lowest BCUT2D eigenvalue weighted by atomic mass is 10.0. The fourth-order valence-corrected chi connectivity index (χ4v) is 3.96. The molecule has 7 heteroatoms. The summed E-state index contributed by atoms with van der Waals surface area (Å²) in [6.07, 6.45) is 0.633. The molecule has 3 N–H and O–H groups in total. The first-order chi connectivity index (χ1) is 13.7. The molecule has 0 fully saturated rings. The number of anilines is 1. The SMILES string of the molecule is COc1ccc(-c2cc(N)c(C(=O)N/N=C3/CCOc4ccccc43)s2)cc1. The Balaban J connectivity index is 1.54. The first-order valence-corrected chi connectivity index (χ1v) is 9.60. The number of ether oxygens (including phenoxy) is 2. The van der Waals surface area contributed by atoms with Crippen LogP contribution in [0.2, 0.25) is 0 Å². The number of nitrogens with zero attached hydrogens (tertiary/aromatic N) is 1. The summed E-state index contributed by atoms with van der Waals surface area (Å²) in [5.74, 6) is 1.23. The van der Waals surface area contributed by atoms with Crippen molar-refractivity contribution in [1.82, 2.24) is 5.43 Å². The molecule has 142 valence electrons. The third-order valence-electron chi connectivity index (χ3n) is 4.43. The average Bonchev–Trinajstić information content (AvgIpc) is 3.13. The Hall–Kier alpha value is -3.32. The second kappa shape index (κ2) is 7.74. The van der Waals surface area contributed by atoms with Crippen molar-refractivity contribution in [2.75, 3.05) is 19.5 Å². The molecule has 0 saturated heterocycles. The van der Waals surface area contributed by atoms with Crippen LogP contribution in [-0.2, 0) is 0 Å². The van der Waals surface area contributed by atoms with Gasteiger partial charge in [-0.15, -0.1) is 11.3 Å². The number of para-hydroxylation sites is 1. The fourth-order valence-electron chi connectivity index (χ4n) is 2.99. The first-order valence-electron chi connectivity index (χ1n) is 8.78. The number of hydrogen-bond donors (Lipinski definition) is 2. The predicted octanol–water partition coefficient (Wildman–Crippen LogP) is 3.92. The van der Waals surface area contributed by atoms with Crippen LogP contribution >= 0.6 is 11.3 Å². The van der Waals surface area contributed by atoms with Gasteiger partial charge in [-0.25, -0.2) is 5.43 Å². The smallest absolute Gasteiger partial charge is 0.283 e. The minimum absolute atomic E-state index is 0.321. The molecule has 0 aliphatic carbocycles. The molecule has 2 heterocycles. The number of nitrogens with two attached hydrogens (primary N) is 1. The molecule has 0 bridgehead atoms. The maximum absolute atomic E-state index is 12.6. The van der Waals surface area contributed by atoms with Crippen LogP contribution in [0, 0.1) is 0 Å². The number of carbonyl (C=O) groups is 1. The van der Waals surface area contributed by atoms with Crippen LogP contribution in [-0.4, -0.2) is 25.3 Å². The highest BCUT2D eigenvalue weighted by Gasteiger charge is 2.18. The summed E-state index contributed by atoms with van der Waals surface area (Å²) >= 11 is 1.33. The van der Waals surface area contributed by atoms with Gasteiger partial charge in [0.05, 0.1) is 25.1 Å². The molecule has 1 aromatic heterocycles. The first kappa shape index (κ1) is 18.1. The number of nitrogen functional groups attached to an aromatic ring is 1. The Labute approximate surface area is 166 Å². The molecule has 1 amide bonds.